The maximum atomic E-state index is 12.3. The molecule has 2 aromatic heterocycles. The lowest BCUT2D eigenvalue weighted by atomic mass is 10.1. The molecule has 1 N–H and O–H groups in total. The molecule has 2 aromatic carbocycles. The normalized spacial score (nSPS) is 10.4. The molecule has 158 valence electrons. The van der Waals surface area contributed by atoms with Crippen molar-refractivity contribution >= 4 is 29.1 Å². The van der Waals surface area contributed by atoms with E-state index in [1.54, 1.807) is 31.2 Å². The number of nitriles is 1. The van der Waals surface area contributed by atoms with Gasteiger partial charge in [0.15, 0.2) is 6.29 Å². The quantitative estimate of drug-likeness (QED) is 0.336. The molecule has 0 saturated heterocycles. The molecule has 0 aliphatic heterocycles. The molecule has 4 rings (SSSR count). The number of nitrogens with zero attached hydrogens (tertiary/aromatic N) is 3. The summed E-state index contributed by atoms with van der Waals surface area (Å²) in [7, 11) is 0. The first-order chi connectivity index (χ1) is 15.6. The minimum Gasteiger partial charge on any atom is -0.462 e. The lowest BCUT2D eigenvalue weighted by molar-refractivity contribution is 0.0524. The monoisotopic (exact) mass is 426 g/mol. The molecule has 4 aromatic rings. The Hall–Kier alpha value is -4.64. The predicted molar refractivity (Wildman–Crippen MR) is 117 cm³/mol. The van der Waals surface area contributed by atoms with Crippen molar-refractivity contribution in [1.29, 1.82) is 5.26 Å². The van der Waals surface area contributed by atoms with Crippen LogP contribution in [0.2, 0.25) is 0 Å². The maximum absolute atomic E-state index is 12.3. The molecule has 0 bridgehead atoms. The number of carbonyl (C=O) groups is 2. The molecule has 8 nitrogen and oxygen atoms in total. The standard InChI is InChI=1S/C24H18N4O4/c1-2-31-24(30)20-14-28-23(21(20)15-29)22(16(12-25)13-26-28)27-17-8-10-19(11-9-17)32-18-6-4-3-5-7-18/h3-11,13-15,27H,2H2,1H3. The molecule has 0 aliphatic carbocycles. The van der Waals surface area contributed by atoms with Crippen molar-refractivity contribution in [2.45, 2.75) is 6.92 Å². The van der Waals surface area contributed by atoms with Crippen LogP contribution in [-0.4, -0.2) is 28.5 Å². The molecule has 0 atom stereocenters. The fourth-order valence-electron chi connectivity index (χ4n) is 3.24. The number of anilines is 2. The lowest BCUT2D eigenvalue weighted by Crippen LogP contribution is -2.06. The number of rotatable bonds is 7. The van der Waals surface area contributed by atoms with E-state index in [0.29, 0.717) is 34.7 Å². The molecule has 0 amide bonds. The average molecular weight is 426 g/mol. The van der Waals surface area contributed by atoms with Crippen LogP contribution in [-0.2, 0) is 4.74 Å². The van der Waals surface area contributed by atoms with Gasteiger partial charge in [-0.3, -0.25) is 4.79 Å². The van der Waals surface area contributed by atoms with E-state index in [-0.39, 0.29) is 23.3 Å². The van der Waals surface area contributed by atoms with Crippen molar-refractivity contribution in [1.82, 2.24) is 9.61 Å². The van der Waals surface area contributed by atoms with Gasteiger partial charge in [-0.15, -0.1) is 0 Å². The van der Waals surface area contributed by atoms with Crippen molar-refractivity contribution in [2.75, 3.05) is 11.9 Å². The Labute approximate surface area is 183 Å². The van der Waals surface area contributed by atoms with Gasteiger partial charge in [-0.2, -0.15) is 10.4 Å². The zero-order valence-electron chi connectivity index (χ0n) is 17.1. The number of para-hydroxylation sites is 1. The summed E-state index contributed by atoms with van der Waals surface area (Å²) in [5, 5.41) is 16.9. The number of esters is 1. The largest absolute Gasteiger partial charge is 0.462 e. The summed E-state index contributed by atoms with van der Waals surface area (Å²) in [4.78, 5) is 24.1. The second-order valence-corrected chi connectivity index (χ2v) is 6.70. The van der Waals surface area contributed by atoms with Crippen LogP contribution >= 0.6 is 0 Å². The minimum atomic E-state index is -0.632. The van der Waals surface area contributed by atoms with Crippen LogP contribution in [0.5, 0.6) is 11.5 Å². The van der Waals surface area contributed by atoms with E-state index in [0.717, 1.165) is 0 Å². The van der Waals surface area contributed by atoms with Crippen LogP contribution in [0.1, 0.15) is 33.2 Å². The Morgan fingerprint density at radius 3 is 2.53 bits per heavy atom. The minimum absolute atomic E-state index is 0.0825. The highest BCUT2D eigenvalue weighted by atomic mass is 16.5. The first-order valence-electron chi connectivity index (χ1n) is 9.81. The van der Waals surface area contributed by atoms with E-state index in [1.807, 2.05) is 30.3 Å². The molecular weight excluding hydrogens is 408 g/mol. The third kappa shape index (κ3) is 4.00. The number of hydrogen-bond donors (Lipinski definition) is 1. The molecule has 0 saturated carbocycles. The number of fused-ring (bicyclic) bond motifs is 1. The first kappa shape index (κ1) is 20.6. The Bertz CT molecular complexity index is 1320. The smallest absolute Gasteiger partial charge is 0.340 e. The molecule has 0 fully saturated rings. The van der Waals surface area contributed by atoms with Gasteiger partial charge in [0.2, 0.25) is 0 Å². The zero-order valence-corrected chi connectivity index (χ0v) is 17.1. The highest BCUT2D eigenvalue weighted by Gasteiger charge is 2.22. The number of hydrogen-bond acceptors (Lipinski definition) is 7. The zero-order chi connectivity index (χ0) is 22.5. The third-order valence-corrected chi connectivity index (χ3v) is 4.68. The number of aldehydes is 1. The molecule has 32 heavy (non-hydrogen) atoms. The lowest BCUT2D eigenvalue weighted by Gasteiger charge is -2.12. The summed E-state index contributed by atoms with van der Waals surface area (Å²) in [6, 6.07) is 18.6. The highest BCUT2D eigenvalue weighted by Crippen LogP contribution is 2.31. The summed E-state index contributed by atoms with van der Waals surface area (Å²) in [6.07, 6.45) is 3.35. The Morgan fingerprint density at radius 1 is 1.16 bits per heavy atom. The Morgan fingerprint density at radius 2 is 1.88 bits per heavy atom. The summed E-state index contributed by atoms with van der Waals surface area (Å²) < 4.78 is 12.2. The van der Waals surface area contributed by atoms with Crippen LogP contribution in [0.25, 0.3) is 5.52 Å². The fourth-order valence-corrected chi connectivity index (χ4v) is 3.24. The molecule has 0 spiro atoms. The molecule has 0 unspecified atom stereocenters. The summed E-state index contributed by atoms with van der Waals surface area (Å²) >= 11 is 0. The topological polar surface area (TPSA) is 106 Å². The first-order valence-corrected chi connectivity index (χ1v) is 9.81. The number of carbonyl (C=O) groups excluding carboxylic acids is 2. The van der Waals surface area contributed by atoms with Crippen LogP contribution in [0.3, 0.4) is 0 Å². The number of nitrogens with one attached hydrogen (secondary N) is 1. The van der Waals surface area contributed by atoms with Crippen LogP contribution in [0, 0.1) is 11.3 Å². The Kier molecular flexibility index (Phi) is 5.81. The van der Waals surface area contributed by atoms with E-state index in [2.05, 4.69) is 16.5 Å². The Balaban J connectivity index is 1.71. The van der Waals surface area contributed by atoms with E-state index < -0.39 is 5.97 Å². The molecular formula is C24H18N4O4. The predicted octanol–water partition coefficient (Wildman–Crippen LogP) is 4.73. The van der Waals surface area contributed by atoms with Crippen LogP contribution in [0.15, 0.2) is 67.0 Å². The summed E-state index contributed by atoms with van der Waals surface area (Å²) in [6.45, 7) is 1.85. The number of benzene rings is 2. The van der Waals surface area contributed by atoms with Gasteiger partial charge in [0.05, 0.1) is 35.2 Å². The van der Waals surface area contributed by atoms with Gasteiger partial charge >= 0.3 is 5.97 Å². The number of ether oxygens (including phenoxy) is 2. The average Bonchev–Trinajstić information content (AvgIpc) is 3.20. The SMILES string of the molecule is CCOC(=O)c1cn2ncc(C#N)c(Nc3ccc(Oc4ccccc4)cc3)c2c1C=O. The second kappa shape index (κ2) is 9.02. The van der Waals surface area contributed by atoms with Crippen molar-refractivity contribution in [2.24, 2.45) is 0 Å². The van der Waals surface area contributed by atoms with Gasteiger partial charge in [-0.25, -0.2) is 9.31 Å². The van der Waals surface area contributed by atoms with Crippen molar-refractivity contribution in [3.05, 3.63) is 83.7 Å². The molecule has 0 radical (unpaired) electrons. The van der Waals surface area contributed by atoms with Gasteiger partial charge in [-0.1, -0.05) is 18.2 Å². The van der Waals surface area contributed by atoms with Crippen molar-refractivity contribution in [3.63, 3.8) is 0 Å². The van der Waals surface area contributed by atoms with Gasteiger partial charge in [0.1, 0.15) is 23.1 Å². The molecule has 8 heteroatoms. The second-order valence-electron chi connectivity index (χ2n) is 6.70. The number of aromatic nitrogens is 2. The van der Waals surface area contributed by atoms with Crippen LogP contribution in [0.4, 0.5) is 11.4 Å². The van der Waals surface area contributed by atoms with Gasteiger partial charge in [0.25, 0.3) is 0 Å². The van der Waals surface area contributed by atoms with E-state index in [1.165, 1.54) is 16.9 Å². The summed E-state index contributed by atoms with van der Waals surface area (Å²) in [5.41, 5.74) is 1.73. The third-order valence-electron chi connectivity index (χ3n) is 4.68. The molecule has 0 aliphatic rings. The summed E-state index contributed by atoms with van der Waals surface area (Å²) in [5.74, 6) is 0.723. The van der Waals surface area contributed by atoms with Crippen LogP contribution < -0.4 is 10.1 Å². The van der Waals surface area contributed by atoms with Crippen molar-refractivity contribution in [3.8, 4) is 17.6 Å². The highest BCUT2D eigenvalue weighted by molar-refractivity contribution is 6.06. The van der Waals surface area contributed by atoms with E-state index in [4.69, 9.17) is 9.47 Å². The fraction of sp³-hybridized carbons (Fsp3) is 0.0833. The van der Waals surface area contributed by atoms with Gasteiger partial charge < -0.3 is 14.8 Å². The van der Waals surface area contributed by atoms with Gasteiger partial charge in [-0.05, 0) is 43.3 Å². The molecule has 2 heterocycles. The van der Waals surface area contributed by atoms with E-state index >= 15 is 0 Å². The van der Waals surface area contributed by atoms with Gasteiger partial charge in [0, 0.05) is 11.9 Å². The van der Waals surface area contributed by atoms with Crippen molar-refractivity contribution < 1.29 is 19.1 Å². The van der Waals surface area contributed by atoms with E-state index in [9.17, 15) is 14.9 Å². The maximum Gasteiger partial charge on any atom is 0.340 e.